The number of amidine groups is 1. The summed E-state index contributed by atoms with van der Waals surface area (Å²) in [6.45, 7) is 0.439. The zero-order valence-electron chi connectivity index (χ0n) is 15.6. The van der Waals surface area contributed by atoms with Gasteiger partial charge < -0.3 is 16.4 Å². The molecule has 2 aromatic carbocycles. The Morgan fingerprint density at radius 2 is 1.93 bits per heavy atom. The Kier molecular flexibility index (Phi) is 6.41. The highest BCUT2D eigenvalue weighted by atomic mass is 35.5. The molecule has 1 aromatic heterocycles. The average molecular weight is 412 g/mol. The van der Waals surface area contributed by atoms with Gasteiger partial charge in [-0.1, -0.05) is 35.9 Å². The molecule has 148 valence electrons. The highest BCUT2D eigenvalue weighted by Gasteiger charge is 2.14. The van der Waals surface area contributed by atoms with Gasteiger partial charge in [0.15, 0.2) is 0 Å². The van der Waals surface area contributed by atoms with Crippen LogP contribution in [0.1, 0.15) is 21.5 Å². The molecular weight excluding hydrogens is 393 g/mol. The van der Waals surface area contributed by atoms with Gasteiger partial charge in [-0.25, -0.2) is 9.37 Å². The minimum absolute atomic E-state index is 0.167. The third-order valence-corrected chi connectivity index (χ3v) is 4.39. The van der Waals surface area contributed by atoms with Crippen LogP contribution < -0.4 is 16.4 Å². The third-order valence-electron chi connectivity index (χ3n) is 4.17. The van der Waals surface area contributed by atoms with E-state index in [1.54, 1.807) is 19.2 Å². The van der Waals surface area contributed by atoms with Gasteiger partial charge in [0.05, 0.1) is 10.6 Å². The number of nitrogens with zero attached hydrogens (tertiary/aromatic N) is 2. The van der Waals surface area contributed by atoms with Gasteiger partial charge in [0.25, 0.3) is 5.91 Å². The number of anilines is 2. The quantitative estimate of drug-likeness (QED) is 0.421. The molecule has 1 amide bonds. The summed E-state index contributed by atoms with van der Waals surface area (Å²) in [6, 6.07) is 14.7. The number of hydrogen-bond donors (Lipinski definition) is 3. The highest BCUT2D eigenvalue weighted by Crippen LogP contribution is 2.20. The second kappa shape index (κ2) is 9.16. The summed E-state index contributed by atoms with van der Waals surface area (Å²) < 4.78 is 13.8. The van der Waals surface area contributed by atoms with E-state index in [0.29, 0.717) is 28.9 Å². The summed E-state index contributed by atoms with van der Waals surface area (Å²) in [5.74, 6) is -0.217. The van der Waals surface area contributed by atoms with E-state index >= 15 is 0 Å². The molecule has 0 atom stereocenters. The summed E-state index contributed by atoms with van der Waals surface area (Å²) in [6.07, 6.45) is 1.42. The Labute approximate surface area is 172 Å². The second-order valence-electron chi connectivity index (χ2n) is 6.17. The molecule has 29 heavy (non-hydrogen) atoms. The topological polar surface area (TPSA) is 92.4 Å². The maximum Gasteiger partial charge on any atom is 0.259 e. The molecule has 0 spiro atoms. The molecule has 0 aliphatic carbocycles. The second-order valence-corrected chi connectivity index (χ2v) is 6.60. The van der Waals surface area contributed by atoms with Crippen LogP contribution in [0.2, 0.25) is 5.02 Å². The van der Waals surface area contributed by atoms with Gasteiger partial charge in [-0.05, 0) is 35.9 Å². The normalized spacial score (nSPS) is 11.2. The van der Waals surface area contributed by atoms with E-state index in [2.05, 4.69) is 20.6 Å². The van der Waals surface area contributed by atoms with Crippen LogP contribution in [-0.2, 0) is 6.54 Å². The van der Waals surface area contributed by atoms with Crippen molar-refractivity contribution in [3.8, 4) is 0 Å². The number of aliphatic imine (C=N–C) groups is 1. The number of carbonyl (C=O) groups is 1. The number of amides is 1. The standard InChI is InChI=1S/C21H19ClFN5O/c1-25-20(24)14-4-2-13(3-5-14)11-26-18-8-7-16(23)10-17(18)21(29)28-19-9-6-15(22)12-27-19/h2-10,12,26H,11H2,1H3,(H2,24,25)(H,27,28,29). The summed E-state index contributed by atoms with van der Waals surface area (Å²) in [4.78, 5) is 20.6. The van der Waals surface area contributed by atoms with Crippen molar-refractivity contribution >= 4 is 34.8 Å². The van der Waals surface area contributed by atoms with Crippen molar-refractivity contribution in [3.05, 3.63) is 88.3 Å². The van der Waals surface area contributed by atoms with Crippen molar-refractivity contribution in [1.82, 2.24) is 4.98 Å². The monoisotopic (exact) mass is 411 g/mol. The molecule has 0 fully saturated rings. The number of nitrogens with two attached hydrogens (primary N) is 1. The molecule has 0 saturated carbocycles. The molecule has 0 saturated heterocycles. The van der Waals surface area contributed by atoms with Crippen molar-refractivity contribution in [1.29, 1.82) is 0 Å². The Morgan fingerprint density at radius 1 is 1.17 bits per heavy atom. The minimum atomic E-state index is -0.511. The molecule has 3 aromatic rings. The minimum Gasteiger partial charge on any atom is -0.384 e. The fourth-order valence-corrected chi connectivity index (χ4v) is 2.72. The van der Waals surface area contributed by atoms with Gasteiger partial charge >= 0.3 is 0 Å². The highest BCUT2D eigenvalue weighted by molar-refractivity contribution is 6.30. The molecular formula is C21H19ClFN5O. The van der Waals surface area contributed by atoms with Crippen molar-refractivity contribution in [2.24, 2.45) is 10.7 Å². The fraction of sp³-hybridized carbons (Fsp3) is 0.0952. The first-order valence-corrected chi connectivity index (χ1v) is 9.12. The van der Waals surface area contributed by atoms with Gasteiger partial charge in [0.1, 0.15) is 17.5 Å². The van der Waals surface area contributed by atoms with E-state index in [9.17, 15) is 9.18 Å². The third kappa shape index (κ3) is 5.30. The zero-order chi connectivity index (χ0) is 20.8. The van der Waals surface area contributed by atoms with E-state index in [1.165, 1.54) is 24.4 Å². The van der Waals surface area contributed by atoms with Crippen LogP contribution in [0.4, 0.5) is 15.9 Å². The van der Waals surface area contributed by atoms with Crippen LogP contribution >= 0.6 is 11.6 Å². The van der Waals surface area contributed by atoms with E-state index in [-0.39, 0.29) is 5.56 Å². The molecule has 4 N–H and O–H groups in total. The van der Waals surface area contributed by atoms with Gasteiger partial charge in [0.2, 0.25) is 0 Å². The van der Waals surface area contributed by atoms with Gasteiger partial charge in [-0.3, -0.25) is 9.79 Å². The summed E-state index contributed by atoms with van der Waals surface area (Å²) >= 11 is 5.80. The van der Waals surface area contributed by atoms with E-state index in [0.717, 1.165) is 11.1 Å². The smallest absolute Gasteiger partial charge is 0.259 e. The van der Waals surface area contributed by atoms with Crippen molar-refractivity contribution in [3.63, 3.8) is 0 Å². The number of aromatic nitrogens is 1. The number of hydrogen-bond acceptors (Lipinski definition) is 4. The van der Waals surface area contributed by atoms with Crippen LogP contribution in [0.3, 0.4) is 0 Å². The molecule has 0 bridgehead atoms. The number of pyridine rings is 1. The summed E-state index contributed by atoms with van der Waals surface area (Å²) in [5.41, 5.74) is 8.25. The Morgan fingerprint density at radius 3 is 2.59 bits per heavy atom. The van der Waals surface area contributed by atoms with E-state index in [1.807, 2.05) is 24.3 Å². The molecule has 0 unspecified atom stereocenters. The van der Waals surface area contributed by atoms with Crippen LogP contribution in [0, 0.1) is 5.82 Å². The molecule has 0 radical (unpaired) electrons. The lowest BCUT2D eigenvalue weighted by atomic mass is 10.1. The predicted octanol–water partition coefficient (Wildman–Crippen LogP) is 4.07. The van der Waals surface area contributed by atoms with Crippen LogP contribution in [0.5, 0.6) is 0 Å². The van der Waals surface area contributed by atoms with E-state index < -0.39 is 11.7 Å². The van der Waals surface area contributed by atoms with Crippen molar-refractivity contribution in [2.45, 2.75) is 6.54 Å². The first-order chi connectivity index (χ1) is 14.0. The lowest BCUT2D eigenvalue weighted by Crippen LogP contribution is -2.16. The molecule has 8 heteroatoms. The number of carbonyl (C=O) groups excluding carboxylic acids is 1. The van der Waals surface area contributed by atoms with Gasteiger partial charge in [0, 0.05) is 31.0 Å². The molecule has 6 nitrogen and oxygen atoms in total. The molecule has 0 aliphatic rings. The van der Waals surface area contributed by atoms with Crippen LogP contribution in [0.25, 0.3) is 0 Å². The van der Waals surface area contributed by atoms with Gasteiger partial charge in [-0.2, -0.15) is 0 Å². The lowest BCUT2D eigenvalue weighted by Gasteiger charge is -2.13. The molecule has 1 heterocycles. The zero-order valence-corrected chi connectivity index (χ0v) is 16.4. The number of halogens is 2. The summed E-state index contributed by atoms with van der Waals surface area (Å²) in [7, 11) is 1.63. The van der Waals surface area contributed by atoms with Crippen molar-refractivity contribution in [2.75, 3.05) is 17.7 Å². The average Bonchev–Trinajstić information content (AvgIpc) is 2.74. The first-order valence-electron chi connectivity index (χ1n) is 8.74. The number of rotatable bonds is 6. The fourth-order valence-electron chi connectivity index (χ4n) is 2.61. The molecule has 3 rings (SSSR count). The molecule has 0 aliphatic heterocycles. The number of benzene rings is 2. The van der Waals surface area contributed by atoms with Crippen LogP contribution in [0.15, 0.2) is 65.8 Å². The van der Waals surface area contributed by atoms with Crippen LogP contribution in [-0.4, -0.2) is 23.8 Å². The Balaban J connectivity index is 1.74. The largest absolute Gasteiger partial charge is 0.384 e. The SMILES string of the molecule is CN=C(N)c1ccc(CNc2ccc(F)cc2C(=O)Nc2ccc(Cl)cn2)cc1. The Hall–Kier alpha value is -3.45. The van der Waals surface area contributed by atoms with Gasteiger partial charge in [-0.15, -0.1) is 0 Å². The summed E-state index contributed by atoms with van der Waals surface area (Å²) in [5, 5.41) is 6.25. The number of nitrogens with one attached hydrogen (secondary N) is 2. The first kappa shape index (κ1) is 20.3. The van der Waals surface area contributed by atoms with Crippen molar-refractivity contribution < 1.29 is 9.18 Å². The maximum atomic E-state index is 13.8. The maximum absolute atomic E-state index is 13.8. The van der Waals surface area contributed by atoms with E-state index in [4.69, 9.17) is 17.3 Å². The predicted molar refractivity (Wildman–Crippen MR) is 114 cm³/mol. The Bertz CT molecular complexity index is 1040. The lowest BCUT2D eigenvalue weighted by molar-refractivity contribution is 0.102.